The number of hydrogen-bond donors (Lipinski definition) is 2. The van der Waals surface area contributed by atoms with Gasteiger partial charge in [-0.05, 0) is 32.5 Å². The first-order chi connectivity index (χ1) is 12.3. The Bertz CT molecular complexity index is 691. The maximum absolute atomic E-state index is 5.82. The second-order valence-electron chi connectivity index (χ2n) is 7.44. The zero-order chi connectivity index (χ0) is 19.2. The molecule has 0 fully saturated rings. The lowest BCUT2D eigenvalue weighted by Crippen LogP contribution is -2.41. The summed E-state index contributed by atoms with van der Waals surface area (Å²) in [7, 11) is 4.19. The minimum atomic E-state index is -0.0443. The van der Waals surface area contributed by atoms with Crippen LogP contribution in [0.2, 0.25) is 0 Å². The summed E-state index contributed by atoms with van der Waals surface area (Å²) in [6.07, 6.45) is 1.80. The zero-order valence-corrected chi connectivity index (χ0v) is 20.2. The molecule has 0 aromatic carbocycles. The standard InChI is InChI=1S/C19H31N5OS.HI/c1-7-20-18(22-11-14(24(5)6)15-9-8-10-26-15)23-13-17-21-12-16(25-17)19(2,3)4;/h8-10,12,14H,7,11,13H2,1-6H3,(H2,20,22,23);1H. The van der Waals surface area contributed by atoms with E-state index in [9.17, 15) is 0 Å². The Balaban J connectivity index is 0.00000364. The molecule has 0 amide bonds. The van der Waals surface area contributed by atoms with Crippen molar-refractivity contribution >= 4 is 41.3 Å². The van der Waals surface area contributed by atoms with E-state index in [0.717, 1.165) is 24.8 Å². The summed E-state index contributed by atoms with van der Waals surface area (Å²) in [4.78, 5) is 12.5. The van der Waals surface area contributed by atoms with Gasteiger partial charge in [0.25, 0.3) is 0 Å². The number of nitrogens with one attached hydrogen (secondary N) is 2. The van der Waals surface area contributed by atoms with E-state index in [4.69, 9.17) is 4.42 Å². The maximum atomic E-state index is 5.82. The Morgan fingerprint density at radius 2 is 2.07 bits per heavy atom. The van der Waals surface area contributed by atoms with E-state index in [2.05, 4.69) is 84.8 Å². The number of oxazole rings is 1. The summed E-state index contributed by atoms with van der Waals surface area (Å²) in [6, 6.07) is 4.56. The highest BCUT2D eigenvalue weighted by molar-refractivity contribution is 14.0. The van der Waals surface area contributed by atoms with E-state index in [1.807, 2.05) is 0 Å². The smallest absolute Gasteiger partial charge is 0.216 e. The molecule has 2 aromatic rings. The minimum absolute atomic E-state index is 0. The maximum Gasteiger partial charge on any atom is 0.216 e. The topological polar surface area (TPSA) is 65.7 Å². The van der Waals surface area contributed by atoms with Gasteiger partial charge in [-0.15, -0.1) is 35.3 Å². The Hall–Kier alpha value is -1.13. The van der Waals surface area contributed by atoms with Crippen molar-refractivity contribution in [2.45, 2.75) is 45.7 Å². The quantitative estimate of drug-likeness (QED) is 0.338. The molecular formula is C19H32IN5OS. The molecule has 2 N–H and O–H groups in total. The number of hydrogen-bond acceptors (Lipinski definition) is 5. The van der Waals surface area contributed by atoms with Gasteiger partial charge in [0.1, 0.15) is 12.3 Å². The van der Waals surface area contributed by atoms with E-state index in [1.165, 1.54) is 4.88 Å². The number of thiophene rings is 1. The average molecular weight is 505 g/mol. The van der Waals surface area contributed by atoms with Crippen molar-refractivity contribution in [1.29, 1.82) is 0 Å². The van der Waals surface area contributed by atoms with Crippen LogP contribution < -0.4 is 10.6 Å². The van der Waals surface area contributed by atoms with Gasteiger partial charge >= 0.3 is 0 Å². The van der Waals surface area contributed by atoms with Crippen LogP contribution in [0.15, 0.2) is 33.1 Å². The van der Waals surface area contributed by atoms with Crippen LogP contribution in [0.1, 0.15) is 50.3 Å². The molecule has 0 bridgehead atoms. The normalized spacial score (nSPS) is 13.4. The number of aromatic nitrogens is 1. The van der Waals surface area contributed by atoms with E-state index in [1.54, 1.807) is 17.5 Å². The minimum Gasteiger partial charge on any atom is -0.443 e. The van der Waals surface area contributed by atoms with Gasteiger partial charge in [-0.2, -0.15) is 0 Å². The van der Waals surface area contributed by atoms with Gasteiger partial charge in [0.2, 0.25) is 5.89 Å². The van der Waals surface area contributed by atoms with E-state index >= 15 is 0 Å². The molecule has 6 nitrogen and oxygen atoms in total. The summed E-state index contributed by atoms with van der Waals surface area (Å²) in [5.41, 5.74) is -0.0443. The van der Waals surface area contributed by atoms with Crippen molar-refractivity contribution in [1.82, 2.24) is 20.5 Å². The third-order valence-corrected chi connectivity index (χ3v) is 4.94. The lowest BCUT2D eigenvalue weighted by molar-refractivity contribution is 0.302. The van der Waals surface area contributed by atoms with Crippen molar-refractivity contribution < 1.29 is 4.42 Å². The first-order valence-corrected chi connectivity index (χ1v) is 9.86. The van der Waals surface area contributed by atoms with Crippen molar-refractivity contribution in [2.75, 3.05) is 27.2 Å². The molecule has 2 heterocycles. The van der Waals surface area contributed by atoms with Crippen LogP contribution in [-0.4, -0.2) is 43.0 Å². The predicted molar refractivity (Wildman–Crippen MR) is 124 cm³/mol. The predicted octanol–water partition coefficient (Wildman–Crippen LogP) is 4.01. The second kappa shape index (κ2) is 11.0. The molecule has 2 aromatic heterocycles. The van der Waals surface area contributed by atoms with Crippen LogP contribution >= 0.6 is 35.3 Å². The molecule has 0 aliphatic heterocycles. The van der Waals surface area contributed by atoms with Crippen molar-refractivity contribution in [3.63, 3.8) is 0 Å². The Morgan fingerprint density at radius 1 is 1.33 bits per heavy atom. The fourth-order valence-corrected chi connectivity index (χ4v) is 3.35. The van der Waals surface area contributed by atoms with Gasteiger partial charge in [-0.25, -0.2) is 9.98 Å². The molecule has 27 heavy (non-hydrogen) atoms. The van der Waals surface area contributed by atoms with E-state index < -0.39 is 0 Å². The van der Waals surface area contributed by atoms with Gasteiger partial charge in [-0.1, -0.05) is 26.8 Å². The molecule has 8 heteroatoms. The van der Waals surface area contributed by atoms with Crippen molar-refractivity contribution in [3.05, 3.63) is 40.2 Å². The molecule has 0 saturated carbocycles. The highest BCUT2D eigenvalue weighted by Gasteiger charge is 2.19. The number of guanidine groups is 1. The third kappa shape index (κ3) is 7.42. The van der Waals surface area contributed by atoms with Gasteiger partial charge in [0, 0.05) is 23.4 Å². The van der Waals surface area contributed by atoms with Gasteiger partial charge < -0.3 is 20.0 Å². The Morgan fingerprint density at radius 3 is 2.59 bits per heavy atom. The van der Waals surface area contributed by atoms with Crippen LogP contribution in [0.25, 0.3) is 0 Å². The van der Waals surface area contributed by atoms with Crippen LogP contribution in [0.5, 0.6) is 0 Å². The SMILES string of the molecule is CCNC(=NCc1ncc(C(C)(C)C)o1)NCC(c1cccs1)N(C)C.I. The van der Waals surface area contributed by atoms with Gasteiger partial charge in [-0.3, -0.25) is 0 Å². The highest BCUT2D eigenvalue weighted by atomic mass is 127. The van der Waals surface area contributed by atoms with Crippen molar-refractivity contribution in [3.8, 4) is 0 Å². The van der Waals surface area contributed by atoms with Crippen LogP contribution in [0, 0.1) is 0 Å². The molecule has 0 radical (unpaired) electrons. The fourth-order valence-electron chi connectivity index (χ4n) is 2.43. The third-order valence-electron chi connectivity index (χ3n) is 3.97. The number of halogens is 1. The van der Waals surface area contributed by atoms with E-state index in [0.29, 0.717) is 18.5 Å². The first-order valence-electron chi connectivity index (χ1n) is 8.98. The van der Waals surface area contributed by atoms with Crippen LogP contribution in [0.4, 0.5) is 0 Å². The Kier molecular flexibility index (Phi) is 9.75. The molecular weight excluding hydrogens is 473 g/mol. The summed E-state index contributed by atoms with van der Waals surface area (Å²) in [5.74, 6) is 2.28. The van der Waals surface area contributed by atoms with Crippen molar-refractivity contribution in [2.24, 2.45) is 4.99 Å². The van der Waals surface area contributed by atoms with Crippen LogP contribution in [0.3, 0.4) is 0 Å². The van der Waals surface area contributed by atoms with Crippen LogP contribution in [-0.2, 0) is 12.0 Å². The molecule has 0 spiro atoms. The summed E-state index contributed by atoms with van der Waals surface area (Å²) >= 11 is 1.77. The van der Waals surface area contributed by atoms with Gasteiger partial charge in [0.05, 0.1) is 12.2 Å². The largest absolute Gasteiger partial charge is 0.443 e. The second-order valence-corrected chi connectivity index (χ2v) is 8.42. The molecule has 0 saturated heterocycles. The highest BCUT2D eigenvalue weighted by Crippen LogP contribution is 2.23. The monoisotopic (exact) mass is 505 g/mol. The molecule has 2 rings (SSSR count). The number of aliphatic imine (C=N–C) groups is 1. The fraction of sp³-hybridized carbons (Fsp3) is 0.579. The molecule has 1 unspecified atom stereocenters. The molecule has 1 atom stereocenters. The zero-order valence-electron chi connectivity index (χ0n) is 17.1. The molecule has 0 aliphatic carbocycles. The number of likely N-dealkylation sites (N-methyl/N-ethyl adjacent to an activating group) is 1. The molecule has 0 aliphatic rings. The number of nitrogens with zero attached hydrogens (tertiary/aromatic N) is 3. The first kappa shape index (κ1) is 23.9. The Labute approximate surface area is 183 Å². The lowest BCUT2D eigenvalue weighted by Gasteiger charge is -2.24. The summed E-state index contributed by atoms with van der Waals surface area (Å²) in [6.45, 7) is 10.4. The average Bonchev–Trinajstić information content (AvgIpc) is 3.23. The lowest BCUT2D eigenvalue weighted by atomic mass is 9.94. The van der Waals surface area contributed by atoms with E-state index in [-0.39, 0.29) is 29.4 Å². The molecule has 152 valence electrons. The summed E-state index contributed by atoms with van der Waals surface area (Å²) < 4.78 is 5.82. The number of rotatable bonds is 7. The van der Waals surface area contributed by atoms with Gasteiger partial charge in [0.15, 0.2) is 5.96 Å². The summed E-state index contributed by atoms with van der Waals surface area (Å²) in [5, 5.41) is 8.83.